The van der Waals surface area contributed by atoms with Crippen LogP contribution in [0.15, 0.2) is 12.1 Å². The van der Waals surface area contributed by atoms with E-state index in [2.05, 4.69) is 4.74 Å². The molecule has 0 amide bonds. The summed E-state index contributed by atoms with van der Waals surface area (Å²) in [6.45, 7) is 1.93. The molecule has 0 aliphatic heterocycles. The molecule has 0 aliphatic rings. The molecule has 0 bridgehead atoms. The van der Waals surface area contributed by atoms with Gasteiger partial charge in [-0.2, -0.15) is 0 Å². The van der Waals surface area contributed by atoms with E-state index in [1.54, 1.807) is 0 Å². The van der Waals surface area contributed by atoms with E-state index in [1.165, 1.54) is 13.2 Å². The molecular weight excluding hydrogens is 262 g/mol. The third-order valence-electron chi connectivity index (χ3n) is 3.22. The largest absolute Gasteiger partial charge is 0.508 e. The minimum absolute atomic E-state index is 0.103. The molecule has 0 heterocycles. The summed E-state index contributed by atoms with van der Waals surface area (Å²) in [5, 5.41) is 28.5. The highest BCUT2D eigenvalue weighted by Crippen LogP contribution is 2.34. The van der Waals surface area contributed by atoms with Crippen molar-refractivity contribution in [1.82, 2.24) is 0 Å². The van der Waals surface area contributed by atoms with Gasteiger partial charge in [0.2, 0.25) is 0 Å². The van der Waals surface area contributed by atoms with Crippen molar-refractivity contribution >= 4 is 5.97 Å². The second-order valence-electron chi connectivity index (χ2n) is 4.98. The number of phenols is 3. The highest BCUT2D eigenvalue weighted by atomic mass is 16.5. The lowest BCUT2D eigenvalue weighted by Crippen LogP contribution is -2.33. The number of aromatic hydroxyl groups is 3. The van der Waals surface area contributed by atoms with Crippen LogP contribution in [0.3, 0.4) is 0 Å². The summed E-state index contributed by atoms with van der Waals surface area (Å²) in [5.74, 6) is -0.997. The number of rotatable bonds is 6. The van der Waals surface area contributed by atoms with E-state index >= 15 is 0 Å². The molecule has 1 aromatic carbocycles. The molecule has 5 N–H and O–H groups in total. The van der Waals surface area contributed by atoms with Gasteiger partial charge >= 0.3 is 5.97 Å². The molecule has 0 spiro atoms. The molecule has 2 atom stereocenters. The first-order valence-corrected chi connectivity index (χ1v) is 6.42. The normalized spacial score (nSPS) is 13.8. The molecule has 0 saturated carbocycles. The first-order valence-electron chi connectivity index (χ1n) is 6.42. The van der Waals surface area contributed by atoms with Gasteiger partial charge in [0, 0.05) is 11.6 Å². The smallest absolute Gasteiger partial charge is 0.322 e. The van der Waals surface area contributed by atoms with Gasteiger partial charge < -0.3 is 25.8 Å². The van der Waals surface area contributed by atoms with Crippen molar-refractivity contribution in [1.29, 1.82) is 0 Å². The molecule has 2 unspecified atom stereocenters. The third kappa shape index (κ3) is 4.31. The van der Waals surface area contributed by atoms with Crippen molar-refractivity contribution < 1.29 is 24.9 Å². The predicted octanol–water partition coefficient (Wildman–Crippen LogP) is 1.26. The third-order valence-corrected chi connectivity index (χ3v) is 3.22. The number of methoxy groups -OCH3 is 1. The van der Waals surface area contributed by atoms with E-state index in [0.717, 1.165) is 6.07 Å². The van der Waals surface area contributed by atoms with Crippen LogP contribution >= 0.6 is 0 Å². The van der Waals surface area contributed by atoms with Crippen LogP contribution in [-0.2, 0) is 16.0 Å². The van der Waals surface area contributed by atoms with Crippen LogP contribution in [0.5, 0.6) is 17.2 Å². The van der Waals surface area contributed by atoms with E-state index in [-0.39, 0.29) is 23.2 Å². The average Bonchev–Trinajstić information content (AvgIpc) is 2.40. The second kappa shape index (κ2) is 7.00. The Kier molecular flexibility index (Phi) is 5.64. The lowest BCUT2D eigenvalue weighted by atomic mass is 9.94. The van der Waals surface area contributed by atoms with Gasteiger partial charge in [0.15, 0.2) is 11.5 Å². The lowest BCUT2D eigenvalue weighted by Gasteiger charge is -2.16. The van der Waals surface area contributed by atoms with Gasteiger partial charge in [-0.15, -0.1) is 0 Å². The number of hydrogen-bond acceptors (Lipinski definition) is 6. The second-order valence-corrected chi connectivity index (χ2v) is 4.98. The van der Waals surface area contributed by atoms with Gasteiger partial charge in [-0.3, -0.25) is 4.79 Å². The first-order chi connectivity index (χ1) is 9.35. The number of ether oxygens (including phenoxy) is 1. The van der Waals surface area contributed by atoms with Crippen molar-refractivity contribution in [2.75, 3.05) is 7.11 Å². The van der Waals surface area contributed by atoms with Crippen LogP contribution in [-0.4, -0.2) is 34.4 Å². The van der Waals surface area contributed by atoms with E-state index in [1.807, 2.05) is 6.92 Å². The number of carbonyl (C=O) groups excluding carboxylic acids is 1. The number of nitrogens with two attached hydrogens (primary N) is 1. The van der Waals surface area contributed by atoms with Crippen LogP contribution in [0.4, 0.5) is 0 Å². The maximum absolute atomic E-state index is 11.2. The molecule has 0 aliphatic carbocycles. The first kappa shape index (κ1) is 16.1. The van der Waals surface area contributed by atoms with E-state index in [9.17, 15) is 20.1 Å². The highest BCUT2D eigenvalue weighted by molar-refractivity contribution is 5.75. The summed E-state index contributed by atoms with van der Waals surface area (Å²) < 4.78 is 4.56. The summed E-state index contributed by atoms with van der Waals surface area (Å²) in [7, 11) is 1.29. The zero-order chi connectivity index (χ0) is 15.3. The quantitative estimate of drug-likeness (QED) is 0.355. The van der Waals surface area contributed by atoms with Crippen molar-refractivity contribution in [3.8, 4) is 17.2 Å². The van der Waals surface area contributed by atoms with Gasteiger partial charge in [-0.1, -0.05) is 6.92 Å². The Balaban J connectivity index is 2.57. The number of phenolic OH excluding ortho intramolecular Hbond substituents is 3. The molecule has 0 fully saturated rings. The van der Waals surface area contributed by atoms with E-state index < -0.39 is 12.0 Å². The van der Waals surface area contributed by atoms with Crippen LogP contribution in [0, 0.1) is 5.92 Å². The fourth-order valence-electron chi connectivity index (χ4n) is 2.05. The van der Waals surface area contributed by atoms with Gasteiger partial charge in [0.1, 0.15) is 11.8 Å². The maximum Gasteiger partial charge on any atom is 0.322 e. The zero-order valence-corrected chi connectivity index (χ0v) is 11.7. The summed E-state index contributed by atoms with van der Waals surface area (Å²) in [5.41, 5.74) is 6.13. The maximum atomic E-state index is 11.2. The van der Waals surface area contributed by atoms with Crippen molar-refractivity contribution in [3.63, 3.8) is 0 Å². The number of carbonyl (C=O) groups is 1. The minimum atomic E-state index is -0.666. The van der Waals surface area contributed by atoms with Gasteiger partial charge in [-0.05, 0) is 31.2 Å². The fraction of sp³-hybridized carbons (Fsp3) is 0.500. The van der Waals surface area contributed by atoms with Crippen LogP contribution < -0.4 is 5.73 Å². The van der Waals surface area contributed by atoms with Crippen LogP contribution in [0.25, 0.3) is 0 Å². The molecule has 1 rings (SSSR count). The van der Waals surface area contributed by atoms with Gasteiger partial charge in [0.25, 0.3) is 0 Å². The number of hydrogen-bond donors (Lipinski definition) is 4. The van der Waals surface area contributed by atoms with Crippen molar-refractivity contribution in [3.05, 3.63) is 17.7 Å². The lowest BCUT2D eigenvalue weighted by molar-refractivity contribution is -0.142. The number of esters is 1. The van der Waals surface area contributed by atoms with Gasteiger partial charge in [-0.25, -0.2) is 0 Å². The molecule has 20 heavy (non-hydrogen) atoms. The average molecular weight is 283 g/mol. The Hall–Kier alpha value is -1.95. The molecule has 112 valence electrons. The molecule has 6 nitrogen and oxygen atoms in total. The highest BCUT2D eigenvalue weighted by Gasteiger charge is 2.18. The molecule has 0 aromatic heterocycles. The van der Waals surface area contributed by atoms with Crippen LogP contribution in [0.2, 0.25) is 0 Å². The number of benzene rings is 1. The standard InChI is InChI=1S/C14H21NO5/c1-8(5-11(15)14(19)20-2)3-4-9-6-10(16)7-12(17)13(9)18/h6-8,11,16-18H,3-5,15H2,1-2H3. The Labute approximate surface area is 117 Å². The minimum Gasteiger partial charge on any atom is -0.508 e. The van der Waals surface area contributed by atoms with Crippen LogP contribution in [0.1, 0.15) is 25.3 Å². The summed E-state index contributed by atoms with van der Waals surface area (Å²) in [4.78, 5) is 11.2. The molecule has 0 saturated heterocycles. The van der Waals surface area contributed by atoms with E-state index in [4.69, 9.17) is 5.73 Å². The van der Waals surface area contributed by atoms with E-state index in [0.29, 0.717) is 24.8 Å². The van der Waals surface area contributed by atoms with Crippen molar-refractivity contribution in [2.45, 2.75) is 32.2 Å². The number of aryl methyl sites for hydroxylation is 1. The predicted molar refractivity (Wildman–Crippen MR) is 73.5 cm³/mol. The molecule has 0 radical (unpaired) electrons. The monoisotopic (exact) mass is 283 g/mol. The molecule has 1 aromatic rings. The zero-order valence-electron chi connectivity index (χ0n) is 11.7. The Morgan fingerprint density at radius 2 is 2.00 bits per heavy atom. The Morgan fingerprint density at radius 3 is 2.60 bits per heavy atom. The molecular formula is C14H21NO5. The van der Waals surface area contributed by atoms with Gasteiger partial charge in [0.05, 0.1) is 7.11 Å². The topological polar surface area (TPSA) is 113 Å². The Morgan fingerprint density at radius 1 is 1.35 bits per heavy atom. The SMILES string of the molecule is COC(=O)C(N)CC(C)CCc1cc(O)cc(O)c1O. The summed E-state index contributed by atoms with van der Waals surface area (Å²) >= 11 is 0. The molecule has 6 heteroatoms. The summed E-state index contributed by atoms with van der Waals surface area (Å²) in [6.07, 6.45) is 1.59. The Bertz CT molecular complexity index is 475. The summed E-state index contributed by atoms with van der Waals surface area (Å²) in [6, 6.07) is 1.82. The van der Waals surface area contributed by atoms with Crippen molar-refractivity contribution in [2.24, 2.45) is 11.7 Å². The fourth-order valence-corrected chi connectivity index (χ4v) is 2.05.